The van der Waals surface area contributed by atoms with Gasteiger partial charge in [-0.25, -0.2) is 4.79 Å². The number of ether oxygens (including phenoxy) is 3. The van der Waals surface area contributed by atoms with E-state index in [2.05, 4.69) is 22.4 Å². The second-order valence-corrected chi connectivity index (χ2v) is 8.79. The number of H-pyrrole nitrogens is 1. The number of hydrogen-bond acceptors (Lipinski definition) is 6. The molecular weight excluding hydrogens is 446 g/mol. The molecule has 3 heterocycles. The summed E-state index contributed by atoms with van der Waals surface area (Å²) in [5.41, 5.74) is 2.39. The fourth-order valence-corrected chi connectivity index (χ4v) is 5.72. The summed E-state index contributed by atoms with van der Waals surface area (Å²) in [5.74, 6) is 2.94. The predicted molar refractivity (Wildman–Crippen MR) is 126 cm³/mol. The third-order valence-electron chi connectivity index (χ3n) is 7.24. The van der Waals surface area contributed by atoms with Crippen LogP contribution in [0.3, 0.4) is 0 Å². The molecule has 0 spiro atoms. The highest BCUT2D eigenvalue weighted by molar-refractivity contribution is 5.85. The van der Waals surface area contributed by atoms with Gasteiger partial charge in [-0.1, -0.05) is 12.1 Å². The zero-order chi connectivity index (χ0) is 21.8. The van der Waals surface area contributed by atoms with Crippen molar-refractivity contribution in [3.63, 3.8) is 0 Å². The van der Waals surface area contributed by atoms with Crippen LogP contribution in [-0.4, -0.2) is 36.0 Å². The minimum absolute atomic E-state index is 0. The Morgan fingerprint density at radius 1 is 1.18 bits per heavy atom. The zero-order valence-corrected chi connectivity index (χ0v) is 19.1. The van der Waals surface area contributed by atoms with Gasteiger partial charge in [0.25, 0.3) is 5.56 Å². The first kappa shape index (κ1) is 21.9. The summed E-state index contributed by atoms with van der Waals surface area (Å²) in [5, 5.41) is 4.08. The quantitative estimate of drug-likeness (QED) is 0.607. The number of aromatic amines is 1. The Morgan fingerprint density at radius 3 is 2.82 bits per heavy atom. The van der Waals surface area contributed by atoms with Crippen LogP contribution in [-0.2, 0) is 13.0 Å². The predicted octanol–water partition coefficient (Wildman–Crippen LogP) is 2.56. The Kier molecular flexibility index (Phi) is 5.58. The number of halogens is 1. The number of benzene rings is 2. The Labute approximate surface area is 196 Å². The van der Waals surface area contributed by atoms with Crippen LogP contribution >= 0.6 is 12.4 Å². The highest BCUT2D eigenvalue weighted by Crippen LogP contribution is 2.45. The Morgan fingerprint density at radius 2 is 2.00 bits per heavy atom. The van der Waals surface area contributed by atoms with E-state index in [4.69, 9.17) is 14.2 Å². The lowest BCUT2D eigenvalue weighted by molar-refractivity contribution is 0.174. The SMILES string of the molecule is COc1cccc2c1CC[C@H]1CNC(CCn3c(=O)[nH]c4cc5c(cc4c3=O)OCO5)[C@@H]21.Cl. The van der Waals surface area contributed by atoms with E-state index < -0.39 is 5.69 Å². The number of hydrogen-bond donors (Lipinski definition) is 2. The molecule has 1 aliphatic carbocycles. The van der Waals surface area contributed by atoms with Crippen molar-refractivity contribution in [2.24, 2.45) is 5.92 Å². The van der Waals surface area contributed by atoms with Crippen molar-refractivity contribution in [2.75, 3.05) is 20.4 Å². The van der Waals surface area contributed by atoms with Crippen LogP contribution in [0.25, 0.3) is 10.9 Å². The first-order valence-corrected chi connectivity index (χ1v) is 11.1. The monoisotopic (exact) mass is 471 g/mol. The standard InChI is InChI=1S/C24H25N3O5.ClH/c1-30-19-4-2-3-15-14(19)6-5-13-11-25-17(22(13)15)7-8-27-23(28)16-9-20-21(32-12-31-20)10-18(16)26-24(27)29;/h2-4,9-10,13,17,22,25H,5-8,11-12H2,1H3,(H,26,29);1H/t13-,17?,22+;/m0./s1. The van der Waals surface area contributed by atoms with E-state index in [1.165, 1.54) is 15.7 Å². The van der Waals surface area contributed by atoms with Crippen LogP contribution in [0, 0.1) is 5.92 Å². The van der Waals surface area contributed by atoms with Crippen LogP contribution in [0.15, 0.2) is 39.9 Å². The smallest absolute Gasteiger partial charge is 0.328 e. The Hall–Kier alpha value is -2.97. The molecule has 33 heavy (non-hydrogen) atoms. The average molecular weight is 472 g/mol. The van der Waals surface area contributed by atoms with Gasteiger partial charge in [0.05, 0.1) is 18.0 Å². The lowest BCUT2D eigenvalue weighted by atomic mass is 9.73. The van der Waals surface area contributed by atoms with Gasteiger partial charge < -0.3 is 24.5 Å². The maximum atomic E-state index is 13.1. The number of methoxy groups -OCH3 is 1. The summed E-state index contributed by atoms with van der Waals surface area (Å²) in [6.45, 7) is 1.42. The zero-order valence-electron chi connectivity index (χ0n) is 18.3. The maximum absolute atomic E-state index is 13.1. The molecule has 2 aromatic carbocycles. The molecule has 1 unspecified atom stereocenters. The fraction of sp³-hybridized carbons (Fsp3) is 0.417. The summed E-state index contributed by atoms with van der Waals surface area (Å²) in [6, 6.07) is 9.78. The highest BCUT2D eigenvalue weighted by atomic mass is 35.5. The van der Waals surface area contributed by atoms with Crippen molar-refractivity contribution in [3.8, 4) is 17.2 Å². The van der Waals surface area contributed by atoms with Gasteiger partial charge in [-0.3, -0.25) is 9.36 Å². The van der Waals surface area contributed by atoms with Gasteiger partial charge in [-0.05, 0) is 55.0 Å². The molecule has 0 saturated carbocycles. The summed E-state index contributed by atoms with van der Waals surface area (Å²) in [7, 11) is 1.72. The van der Waals surface area contributed by atoms with Crippen molar-refractivity contribution in [1.29, 1.82) is 0 Å². The van der Waals surface area contributed by atoms with Gasteiger partial charge in [0.2, 0.25) is 6.79 Å². The summed E-state index contributed by atoms with van der Waals surface area (Å²) in [4.78, 5) is 28.7. The molecule has 0 bridgehead atoms. The molecule has 3 aliphatic rings. The molecule has 1 aromatic heterocycles. The summed E-state index contributed by atoms with van der Waals surface area (Å²) in [6.07, 6.45) is 2.83. The number of aromatic nitrogens is 2. The first-order valence-electron chi connectivity index (χ1n) is 11.1. The molecule has 1 saturated heterocycles. The minimum atomic E-state index is -0.401. The normalized spacial score (nSPS) is 22.5. The van der Waals surface area contributed by atoms with Gasteiger partial charge >= 0.3 is 5.69 Å². The molecule has 1 fully saturated rings. The second-order valence-electron chi connectivity index (χ2n) is 8.79. The first-order chi connectivity index (χ1) is 15.6. The van der Waals surface area contributed by atoms with Crippen LogP contribution in [0.2, 0.25) is 0 Å². The van der Waals surface area contributed by atoms with E-state index in [0.717, 1.165) is 25.1 Å². The van der Waals surface area contributed by atoms with Gasteiger partial charge in [0.1, 0.15) is 5.75 Å². The van der Waals surface area contributed by atoms with E-state index in [1.54, 1.807) is 19.2 Å². The number of fused-ring (bicyclic) bond motifs is 5. The second kappa shape index (κ2) is 8.43. The van der Waals surface area contributed by atoms with Crippen LogP contribution in [0.5, 0.6) is 17.2 Å². The third kappa shape index (κ3) is 3.48. The van der Waals surface area contributed by atoms with Crippen LogP contribution in [0.4, 0.5) is 0 Å². The lowest BCUT2D eigenvalue weighted by Gasteiger charge is -2.32. The lowest BCUT2D eigenvalue weighted by Crippen LogP contribution is -2.38. The average Bonchev–Trinajstić information content (AvgIpc) is 3.44. The molecule has 2 aliphatic heterocycles. The van der Waals surface area contributed by atoms with Crippen molar-refractivity contribution in [3.05, 3.63) is 62.3 Å². The Balaban J connectivity index is 0.00000228. The third-order valence-corrected chi connectivity index (χ3v) is 7.24. The van der Waals surface area contributed by atoms with E-state index in [-0.39, 0.29) is 30.8 Å². The number of rotatable bonds is 4. The largest absolute Gasteiger partial charge is 0.496 e. The summed E-state index contributed by atoms with van der Waals surface area (Å²) >= 11 is 0. The van der Waals surface area contributed by atoms with Gasteiger partial charge in [-0.2, -0.15) is 0 Å². The van der Waals surface area contributed by atoms with Crippen LogP contribution in [0.1, 0.15) is 29.9 Å². The molecule has 174 valence electrons. The topological polar surface area (TPSA) is 94.6 Å². The van der Waals surface area contributed by atoms with Crippen molar-refractivity contribution < 1.29 is 14.2 Å². The van der Waals surface area contributed by atoms with E-state index in [9.17, 15) is 9.59 Å². The number of nitrogens with zero attached hydrogens (tertiary/aromatic N) is 1. The van der Waals surface area contributed by atoms with Gasteiger partial charge in [-0.15, -0.1) is 12.4 Å². The molecule has 0 radical (unpaired) electrons. The molecule has 3 atom stereocenters. The van der Waals surface area contributed by atoms with E-state index in [1.807, 2.05) is 6.07 Å². The van der Waals surface area contributed by atoms with Crippen LogP contribution < -0.4 is 30.8 Å². The molecular formula is C24H26ClN3O5. The van der Waals surface area contributed by atoms with Crippen molar-refractivity contribution in [1.82, 2.24) is 14.9 Å². The van der Waals surface area contributed by atoms with Gasteiger partial charge in [0, 0.05) is 24.6 Å². The molecule has 3 aromatic rings. The Bertz CT molecular complexity index is 1330. The fourth-order valence-electron chi connectivity index (χ4n) is 5.72. The number of nitrogens with one attached hydrogen (secondary N) is 2. The summed E-state index contributed by atoms with van der Waals surface area (Å²) < 4.78 is 17.7. The molecule has 8 nitrogen and oxygen atoms in total. The van der Waals surface area contributed by atoms with E-state index >= 15 is 0 Å². The minimum Gasteiger partial charge on any atom is -0.496 e. The molecule has 2 N–H and O–H groups in total. The van der Waals surface area contributed by atoms with Crippen molar-refractivity contribution in [2.45, 2.75) is 37.8 Å². The van der Waals surface area contributed by atoms with E-state index in [0.29, 0.717) is 47.2 Å². The highest BCUT2D eigenvalue weighted by Gasteiger charge is 2.40. The van der Waals surface area contributed by atoms with Crippen molar-refractivity contribution >= 4 is 23.3 Å². The maximum Gasteiger partial charge on any atom is 0.328 e. The molecule has 6 rings (SSSR count). The molecule has 0 amide bonds. The van der Waals surface area contributed by atoms with Gasteiger partial charge in [0.15, 0.2) is 11.5 Å². The molecule has 9 heteroatoms.